The van der Waals surface area contributed by atoms with Crippen LogP contribution in [0.2, 0.25) is 0 Å². The number of piperazine rings is 1. The molecule has 0 radical (unpaired) electrons. The van der Waals surface area contributed by atoms with Crippen molar-refractivity contribution in [1.29, 1.82) is 0 Å². The summed E-state index contributed by atoms with van der Waals surface area (Å²) in [7, 11) is 3.72. The molecule has 0 amide bonds. The summed E-state index contributed by atoms with van der Waals surface area (Å²) >= 11 is 0. The zero-order valence-electron chi connectivity index (χ0n) is 14.7. The molecule has 1 atom stereocenters. The van der Waals surface area contributed by atoms with Crippen molar-refractivity contribution >= 4 is 0 Å². The lowest BCUT2D eigenvalue weighted by Gasteiger charge is -2.35. The van der Waals surface area contributed by atoms with Gasteiger partial charge in [-0.2, -0.15) is 0 Å². The molecule has 1 aromatic heterocycles. The molecule has 24 heavy (non-hydrogen) atoms. The number of hydrogen-bond acceptors (Lipinski definition) is 5. The maximum Gasteiger partial charge on any atom is 0.161 e. The number of aryl methyl sites for hydroxylation is 1. The van der Waals surface area contributed by atoms with Crippen LogP contribution in [0.25, 0.3) is 0 Å². The summed E-state index contributed by atoms with van der Waals surface area (Å²) in [4.78, 5) is 7.01. The van der Waals surface area contributed by atoms with Crippen LogP contribution < -0.4 is 14.8 Å². The van der Waals surface area contributed by atoms with Gasteiger partial charge in [0.25, 0.3) is 0 Å². The van der Waals surface area contributed by atoms with E-state index < -0.39 is 0 Å². The topological polar surface area (TPSA) is 51.5 Å². The van der Waals surface area contributed by atoms with Crippen LogP contribution in [0.15, 0.2) is 30.6 Å². The van der Waals surface area contributed by atoms with Gasteiger partial charge in [0, 0.05) is 45.6 Å². The first-order valence-corrected chi connectivity index (χ1v) is 8.44. The Kier molecular flexibility index (Phi) is 5.37. The number of nitrogens with zero attached hydrogens (tertiary/aromatic N) is 3. The summed E-state index contributed by atoms with van der Waals surface area (Å²) in [6.07, 6.45) is 3.87. The van der Waals surface area contributed by atoms with Crippen molar-refractivity contribution in [1.82, 2.24) is 19.8 Å². The third-order valence-electron chi connectivity index (χ3n) is 4.42. The van der Waals surface area contributed by atoms with Gasteiger partial charge in [0.15, 0.2) is 11.5 Å². The van der Waals surface area contributed by atoms with Gasteiger partial charge in [0.05, 0.1) is 19.8 Å². The van der Waals surface area contributed by atoms with Crippen molar-refractivity contribution < 1.29 is 9.47 Å². The van der Waals surface area contributed by atoms with Gasteiger partial charge < -0.3 is 19.4 Å². The van der Waals surface area contributed by atoms with Crippen LogP contribution in [0.3, 0.4) is 0 Å². The Balaban J connectivity index is 1.80. The van der Waals surface area contributed by atoms with Crippen molar-refractivity contribution in [3.63, 3.8) is 0 Å². The molecule has 0 spiro atoms. The summed E-state index contributed by atoms with van der Waals surface area (Å²) < 4.78 is 13.2. The second-order valence-electron chi connectivity index (χ2n) is 6.00. The SMILES string of the molecule is CCOc1cc(CN2CCNCC2c2nccn2C)ccc1OC. The quantitative estimate of drug-likeness (QED) is 0.878. The molecule has 1 aliphatic rings. The van der Waals surface area contributed by atoms with Gasteiger partial charge in [-0.05, 0) is 24.6 Å². The van der Waals surface area contributed by atoms with E-state index in [0.29, 0.717) is 6.61 Å². The number of ether oxygens (including phenoxy) is 2. The fourth-order valence-corrected chi connectivity index (χ4v) is 3.21. The predicted octanol–water partition coefficient (Wildman–Crippen LogP) is 1.97. The first-order chi connectivity index (χ1) is 11.7. The average molecular weight is 330 g/mol. The standard InChI is InChI=1S/C18H26N4O2/c1-4-24-17-11-14(5-6-16(17)23-3)13-22-10-7-19-12-15(22)18-20-8-9-21(18)2/h5-6,8-9,11,15,19H,4,7,10,12-13H2,1-3H3. The number of hydrogen-bond donors (Lipinski definition) is 1. The number of aromatic nitrogens is 2. The minimum atomic E-state index is 0.274. The van der Waals surface area contributed by atoms with Crippen LogP contribution in [0.5, 0.6) is 11.5 Å². The van der Waals surface area contributed by atoms with Crippen molar-refractivity contribution in [2.45, 2.75) is 19.5 Å². The minimum Gasteiger partial charge on any atom is -0.493 e. The van der Waals surface area contributed by atoms with Crippen molar-refractivity contribution in [2.75, 3.05) is 33.4 Å². The Labute approximate surface area is 143 Å². The summed E-state index contributed by atoms with van der Waals surface area (Å²) in [5, 5.41) is 3.48. The highest BCUT2D eigenvalue weighted by Crippen LogP contribution is 2.30. The van der Waals surface area contributed by atoms with Gasteiger partial charge in [0.1, 0.15) is 5.82 Å². The molecule has 2 aromatic rings. The maximum atomic E-state index is 5.70. The zero-order chi connectivity index (χ0) is 16.9. The van der Waals surface area contributed by atoms with Gasteiger partial charge in [-0.25, -0.2) is 4.98 Å². The molecule has 1 unspecified atom stereocenters. The zero-order valence-corrected chi connectivity index (χ0v) is 14.7. The summed E-state index contributed by atoms with van der Waals surface area (Å²) in [5.74, 6) is 2.68. The first-order valence-electron chi connectivity index (χ1n) is 8.44. The maximum absolute atomic E-state index is 5.70. The second kappa shape index (κ2) is 7.68. The highest BCUT2D eigenvalue weighted by atomic mass is 16.5. The van der Waals surface area contributed by atoms with Gasteiger partial charge in [-0.15, -0.1) is 0 Å². The molecule has 1 aliphatic heterocycles. The molecule has 6 nitrogen and oxygen atoms in total. The number of benzene rings is 1. The lowest BCUT2D eigenvalue weighted by Crippen LogP contribution is -2.46. The minimum absolute atomic E-state index is 0.274. The van der Waals surface area contributed by atoms with Crippen molar-refractivity contribution in [2.24, 2.45) is 7.05 Å². The van der Waals surface area contributed by atoms with E-state index >= 15 is 0 Å². The van der Waals surface area contributed by atoms with E-state index in [0.717, 1.165) is 43.5 Å². The third kappa shape index (κ3) is 3.55. The summed E-state index contributed by atoms with van der Waals surface area (Å²) in [6.45, 7) is 6.38. The van der Waals surface area contributed by atoms with Crippen molar-refractivity contribution in [3.8, 4) is 11.5 Å². The Morgan fingerprint density at radius 1 is 1.33 bits per heavy atom. The third-order valence-corrected chi connectivity index (χ3v) is 4.42. The number of rotatable bonds is 6. The molecule has 6 heteroatoms. The van der Waals surface area contributed by atoms with Gasteiger partial charge >= 0.3 is 0 Å². The molecule has 3 rings (SSSR count). The van der Waals surface area contributed by atoms with Crippen LogP contribution in [-0.2, 0) is 13.6 Å². The van der Waals surface area contributed by atoms with Crippen molar-refractivity contribution in [3.05, 3.63) is 42.0 Å². The van der Waals surface area contributed by atoms with E-state index in [1.165, 1.54) is 5.56 Å². The number of nitrogens with one attached hydrogen (secondary N) is 1. The largest absolute Gasteiger partial charge is 0.493 e. The number of imidazole rings is 1. The molecule has 1 N–H and O–H groups in total. The van der Waals surface area contributed by atoms with Crippen LogP contribution in [0.1, 0.15) is 24.4 Å². The molecule has 130 valence electrons. The molecule has 2 heterocycles. The van der Waals surface area contributed by atoms with E-state index in [1.807, 2.05) is 25.4 Å². The fraction of sp³-hybridized carbons (Fsp3) is 0.500. The van der Waals surface area contributed by atoms with Crippen LogP contribution in [0, 0.1) is 0 Å². The summed E-state index contributed by atoms with van der Waals surface area (Å²) in [6, 6.07) is 6.45. The first kappa shape index (κ1) is 16.8. The van der Waals surface area contributed by atoms with Crippen LogP contribution >= 0.6 is 0 Å². The van der Waals surface area contributed by atoms with Crippen LogP contribution in [0.4, 0.5) is 0 Å². The average Bonchev–Trinajstić information content (AvgIpc) is 3.02. The summed E-state index contributed by atoms with van der Waals surface area (Å²) in [5.41, 5.74) is 1.22. The van der Waals surface area contributed by atoms with Crippen LogP contribution in [-0.4, -0.2) is 47.8 Å². The Hall–Kier alpha value is -2.05. The molecule has 1 saturated heterocycles. The fourth-order valence-electron chi connectivity index (χ4n) is 3.21. The van der Waals surface area contributed by atoms with E-state index in [2.05, 4.69) is 38.9 Å². The van der Waals surface area contributed by atoms with E-state index in [4.69, 9.17) is 9.47 Å². The Morgan fingerprint density at radius 2 is 2.21 bits per heavy atom. The second-order valence-corrected chi connectivity index (χ2v) is 6.00. The molecule has 1 aromatic carbocycles. The molecule has 1 fully saturated rings. The van der Waals surface area contributed by atoms with E-state index in [9.17, 15) is 0 Å². The monoisotopic (exact) mass is 330 g/mol. The van der Waals surface area contributed by atoms with E-state index in [1.54, 1.807) is 7.11 Å². The highest BCUT2D eigenvalue weighted by Gasteiger charge is 2.26. The molecule has 0 aliphatic carbocycles. The lowest BCUT2D eigenvalue weighted by atomic mass is 10.1. The van der Waals surface area contributed by atoms with E-state index in [-0.39, 0.29) is 6.04 Å². The molecule has 0 saturated carbocycles. The molecular weight excluding hydrogens is 304 g/mol. The molecule has 0 bridgehead atoms. The normalized spacial score (nSPS) is 18.5. The smallest absolute Gasteiger partial charge is 0.161 e. The molecular formula is C18H26N4O2. The Morgan fingerprint density at radius 3 is 2.92 bits per heavy atom. The lowest BCUT2D eigenvalue weighted by molar-refractivity contribution is 0.144. The van der Waals surface area contributed by atoms with Gasteiger partial charge in [-0.3, -0.25) is 4.90 Å². The van der Waals surface area contributed by atoms with Gasteiger partial charge in [-0.1, -0.05) is 6.07 Å². The predicted molar refractivity (Wildman–Crippen MR) is 93.4 cm³/mol. The van der Waals surface area contributed by atoms with Gasteiger partial charge in [0.2, 0.25) is 0 Å². The Bertz CT molecular complexity index is 671. The number of methoxy groups -OCH3 is 1. The highest BCUT2D eigenvalue weighted by molar-refractivity contribution is 5.43.